The summed E-state index contributed by atoms with van der Waals surface area (Å²) in [5, 5.41) is 0. The van der Waals surface area contributed by atoms with Crippen LogP contribution in [0.1, 0.15) is 58.5 Å². The lowest BCUT2D eigenvalue weighted by molar-refractivity contribution is -0.136. The first kappa shape index (κ1) is 22.4. The Hall–Kier alpha value is -2.84. The standard InChI is InChI=1S/C24H26N2O5S/c1-3-25(4-2)24(29)16-12-14-26(15-13-16)32(30,31)20-11-7-10-19-21(20)23(28)18-9-6-5-8-17(18)22(19)27/h5-11,16H,3-4,12-15H2,1-2H3. The van der Waals surface area contributed by atoms with Crippen LogP contribution in [0.3, 0.4) is 0 Å². The summed E-state index contributed by atoms with van der Waals surface area (Å²) >= 11 is 0. The van der Waals surface area contributed by atoms with E-state index in [-0.39, 0.29) is 57.8 Å². The highest BCUT2D eigenvalue weighted by molar-refractivity contribution is 7.89. The predicted molar refractivity (Wildman–Crippen MR) is 119 cm³/mol. The number of hydrogen-bond acceptors (Lipinski definition) is 5. The number of carbonyl (C=O) groups is 3. The molecule has 1 amide bonds. The van der Waals surface area contributed by atoms with E-state index in [0.717, 1.165) is 0 Å². The lowest BCUT2D eigenvalue weighted by Gasteiger charge is -2.33. The van der Waals surface area contributed by atoms with Crippen LogP contribution in [0, 0.1) is 5.92 Å². The third kappa shape index (κ3) is 3.57. The van der Waals surface area contributed by atoms with E-state index in [9.17, 15) is 22.8 Å². The van der Waals surface area contributed by atoms with E-state index in [1.54, 1.807) is 29.2 Å². The van der Waals surface area contributed by atoms with Crippen LogP contribution >= 0.6 is 0 Å². The van der Waals surface area contributed by atoms with Crippen molar-refractivity contribution in [3.8, 4) is 0 Å². The molecule has 2 aliphatic rings. The van der Waals surface area contributed by atoms with Gasteiger partial charge in [0.05, 0.1) is 10.5 Å². The fourth-order valence-corrected chi connectivity index (χ4v) is 6.28. The minimum Gasteiger partial charge on any atom is -0.343 e. The number of piperidine rings is 1. The molecule has 168 valence electrons. The predicted octanol–water partition coefficient (Wildman–Crippen LogP) is 2.73. The van der Waals surface area contributed by atoms with E-state index in [4.69, 9.17) is 0 Å². The lowest BCUT2D eigenvalue weighted by atomic mass is 9.84. The van der Waals surface area contributed by atoms with Gasteiger partial charge in [-0.3, -0.25) is 14.4 Å². The SMILES string of the molecule is CCN(CC)C(=O)C1CCN(S(=O)(=O)c2cccc3c2C(=O)c2ccccc2C3=O)CC1. The molecule has 0 atom stereocenters. The van der Waals surface area contributed by atoms with Crippen LogP contribution in [0.4, 0.5) is 0 Å². The van der Waals surface area contributed by atoms with Crippen molar-refractivity contribution in [2.45, 2.75) is 31.6 Å². The van der Waals surface area contributed by atoms with Crippen molar-refractivity contribution in [1.82, 2.24) is 9.21 Å². The minimum atomic E-state index is -4.01. The van der Waals surface area contributed by atoms with Crippen LogP contribution in [0.2, 0.25) is 0 Å². The van der Waals surface area contributed by atoms with Crippen molar-refractivity contribution in [1.29, 1.82) is 0 Å². The van der Waals surface area contributed by atoms with E-state index >= 15 is 0 Å². The van der Waals surface area contributed by atoms with Gasteiger partial charge in [0.1, 0.15) is 0 Å². The van der Waals surface area contributed by atoms with E-state index < -0.39 is 15.8 Å². The first-order chi connectivity index (χ1) is 15.3. The third-order valence-corrected chi connectivity index (χ3v) is 8.35. The van der Waals surface area contributed by atoms with Crippen LogP contribution < -0.4 is 0 Å². The topological polar surface area (TPSA) is 91.8 Å². The van der Waals surface area contributed by atoms with E-state index in [1.807, 2.05) is 13.8 Å². The summed E-state index contributed by atoms with van der Waals surface area (Å²) in [6.45, 7) is 5.50. The van der Waals surface area contributed by atoms with Gasteiger partial charge >= 0.3 is 0 Å². The number of carbonyl (C=O) groups excluding carboxylic acids is 3. The van der Waals surface area contributed by atoms with Crippen LogP contribution in [0.15, 0.2) is 47.4 Å². The largest absolute Gasteiger partial charge is 0.343 e. The van der Waals surface area contributed by atoms with Gasteiger partial charge in [0.2, 0.25) is 15.9 Å². The van der Waals surface area contributed by atoms with Crippen LogP contribution in [-0.4, -0.2) is 61.3 Å². The Morgan fingerprint density at radius 1 is 0.906 bits per heavy atom. The molecule has 0 unspecified atom stereocenters. The highest BCUT2D eigenvalue weighted by Gasteiger charge is 2.38. The first-order valence-corrected chi connectivity index (χ1v) is 12.4. The zero-order chi connectivity index (χ0) is 23.0. The summed E-state index contributed by atoms with van der Waals surface area (Å²) in [6.07, 6.45) is 0.860. The van der Waals surface area contributed by atoms with Crippen molar-refractivity contribution in [2.24, 2.45) is 5.92 Å². The Bertz CT molecular complexity index is 1190. The number of rotatable bonds is 5. The number of ketones is 2. The second kappa shape index (κ2) is 8.60. The molecular formula is C24H26N2O5S. The van der Waals surface area contributed by atoms with Gasteiger partial charge in [-0.05, 0) is 32.8 Å². The fraction of sp³-hybridized carbons (Fsp3) is 0.375. The van der Waals surface area contributed by atoms with Crippen molar-refractivity contribution in [3.05, 3.63) is 64.7 Å². The van der Waals surface area contributed by atoms with Gasteiger partial charge in [0.15, 0.2) is 11.6 Å². The number of sulfonamides is 1. The first-order valence-electron chi connectivity index (χ1n) is 10.9. The molecule has 1 aliphatic heterocycles. The maximum absolute atomic E-state index is 13.5. The van der Waals surface area contributed by atoms with Gasteiger partial charge in [0.25, 0.3) is 0 Å². The Morgan fingerprint density at radius 3 is 2.06 bits per heavy atom. The summed E-state index contributed by atoms with van der Waals surface area (Å²) in [6, 6.07) is 10.9. The average Bonchev–Trinajstić information content (AvgIpc) is 2.82. The monoisotopic (exact) mass is 454 g/mol. The number of amides is 1. The molecule has 0 saturated carbocycles. The van der Waals surface area contributed by atoms with Gasteiger partial charge in [-0.1, -0.05) is 36.4 Å². The molecule has 1 heterocycles. The third-order valence-electron chi connectivity index (χ3n) is 6.41. The second-order valence-corrected chi connectivity index (χ2v) is 9.98. The molecule has 1 fully saturated rings. The molecule has 0 aromatic heterocycles. The smallest absolute Gasteiger partial charge is 0.243 e. The van der Waals surface area contributed by atoms with Gasteiger partial charge in [-0.2, -0.15) is 4.31 Å². The second-order valence-electron chi connectivity index (χ2n) is 8.07. The summed E-state index contributed by atoms with van der Waals surface area (Å²) in [7, 11) is -4.01. The molecule has 1 aliphatic carbocycles. The van der Waals surface area contributed by atoms with Crippen molar-refractivity contribution >= 4 is 27.5 Å². The maximum atomic E-state index is 13.5. The Balaban J connectivity index is 1.64. The molecule has 0 bridgehead atoms. The van der Waals surface area contributed by atoms with Crippen molar-refractivity contribution < 1.29 is 22.8 Å². The molecule has 2 aromatic rings. The summed E-state index contributed by atoms with van der Waals surface area (Å²) in [4.78, 5) is 40.4. The quantitative estimate of drug-likeness (QED) is 0.591. The van der Waals surface area contributed by atoms with Crippen molar-refractivity contribution in [3.63, 3.8) is 0 Å². The Kier molecular flexibility index (Phi) is 6.01. The Labute approximate surface area is 188 Å². The maximum Gasteiger partial charge on any atom is 0.243 e. The number of fused-ring (bicyclic) bond motifs is 2. The number of nitrogens with zero attached hydrogens (tertiary/aromatic N) is 2. The highest BCUT2D eigenvalue weighted by atomic mass is 32.2. The molecule has 8 heteroatoms. The normalized spacial score (nSPS) is 17.1. The van der Waals surface area contributed by atoms with Crippen LogP contribution in [0.25, 0.3) is 0 Å². The van der Waals surface area contributed by atoms with Gasteiger partial charge in [0, 0.05) is 48.8 Å². The van der Waals surface area contributed by atoms with Gasteiger partial charge in [-0.25, -0.2) is 8.42 Å². The summed E-state index contributed by atoms with van der Waals surface area (Å²) in [5.74, 6) is -0.959. The fourth-order valence-electron chi connectivity index (χ4n) is 4.60. The highest BCUT2D eigenvalue weighted by Crippen LogP contribution is 2.34. The summed E-state index contributed by atoms with van der Waals surface area (Å²) < 4.78 is 28.4. The Morgan fingerprint density at radius 2 is 1.47 bits per heavy atom. The van der Waals surface area contributed by atoms with Crippen LogP contribution in [0.5, 0.6) is 0 Å². The zero-order valence-corrected chi connectivity index (χ0v) is 19.0. The average molecular weight is 455 g/mol. The molecule has 1 saturated heterocycles. The van der Waals surface area contributed by atoms with Gasteiger partial charge in [-0.15, -0.1) is 0 Å². The number of benzene rings is 2. The lowest BCUT2D eigenvalue weighted by Crippen LogP contribution is -2.44. The van der Waals surface area contributed by atoms with E-state index in [2.05, 4.69) is 0 Å². The molecule has 2 aromatic carbocycles. The zero-order valence-electron chi connectivity index (χ0n) is 18.2. The minimum absolute atomic E-state index is 0.0570. The molecule has 0 spiro atoms. The van der Waals surface area contributed by atoms with E-state index in [0.29, 0.717) is 25.9 Å². The van der Waals surface area contributed by atoms with Gasteiger partial charge < -0.3 is 4.90 Å². The van der Waals surface area contributed by atoms with Crippen LogP contribution in [-0.2, 0) is 14.8 Å². The molecule has 0 radical (unpaired) electrons. The summed E-state index contributed by atoms with van der Waals surface area (Å²) in [5.41, 5.74) is 0.561. The molecular weight excluding hydrogens is 428 g/mol. The molecule has 4 rings (SSSR count). The number of hydrogen-bond donors (Lipinski definition) is 0. The van der Waals surface area contributed by atoms with Crippen molar-refractivity contribution in [2.75, 3.05) is 26.2 Å². The van der Waals surface area contributed by atoms with E-state index in [1.165, 1.54) is 22.5 Å². The molecule has 32 heavy (non-hydrogen) atoms. The molecule has 0 N–H and O–H groups in total. The molecule has 7 nitrogen and oxygen atoms in total.